The average Bonchev–Trinajstić information content (AvgIpc) is 3.01. The Bertz CT molecular complexity index is 1100. The first-order chi connectivity index (χ1) is 13.3. The van der Waals surface area contributed by atoms with Gasteiger partial charge >= 0.3 is 5.97 Å². The fraction of sp³-hybridized carbons (Fsp3) is 0.263. The Hall–Kier alpha value is -3.07. The van der Waals surface area contributed by atoms with Crippen LogP contribution in [0.2, 0.25) is 0 Å². The second-order valence-electron chi connectivity index (χ2n) is 6.09. The van der Waals surface area contributed by atoms with E-state index in [1.807, 2.05) is 0 Å². The number of ether oxygens (including phenoxy) is 1. The molecule has 146 valence electrons. The molecular formula is C19H18FN3O4S. The van der Waals surface area contributed by atoms with Crippen molar-refractivity contribution in [1.82, 2.24) is 9.55 Å². The molecule has 1 atom stereocenters. The molecule has 0 aliphatic rings. The van der Waals surface area contributed by atoms with Gasteiger partial charge in [0.1, 0.15) is 21.6 Å². The molecule has 0 bridgehead atoms. The summed E-state index contributed by atoms with van der Waals surface area (Å²) < 4.78 is 19.2. The van der Waals surface area contributed by atoms with E-state index in [4.69, 9.17) is 4.74 Å². The predicted molar refractivity (Wildman–Crippen MR) is 104 cm³/mol. The van der Waals surface area contributed by atoms with E-state index < -0.39 is 29.3 Å². The number of aromatic nitrogens is 2. The Kier molecular flexibility index (Phi) is 5.55. The van der Waals surface area contributed by atoms with Crippen LogP contribution in [0.15, 0.2) is 35.4 Å². The Balaban J connectivity index is 1.94. The maximum atomic E-state index is 13.0. The number of hydrogen-bond acceptors (Lipinski definition) is 6. The van der Waals surface area contributed by atoms with Crippen LogP contribution in [0.1, 0.15) is 35.1 Å². The van der Waals surface area contributed by atoms with E-state index in [1.54, 1.807) is 20.8 Å². The molecule has 1 amide bonds. The molecule has 0 radical (unpaired) electrons. The summed E-state index contributed by atoms with van der Waals surface area (Å²) in [6.45, 7) is 5.14. The van der Waals surface area contributed by atoms with Crippen molar-refractivity contribution in [2.75, 3.05) is 11.9 Å². The van der Waals surface area contributed by atoms with E-state index in [0.29, 0.717) is 21.0 Å². The van der Waals surface area contributed by atoms with E-state index >= 15 is 0 Å². The minimum Gasteiger partial charge on any atom is -0.462 e. The molecule has 0 saturated carbocycles. The van der Waals surface area contributed by atoms with E-state index in [1.165, 1.54) is 35.2 Å². The lowest BCUT2D eigenvalue weighted by Gasteiger charge is -2.15. The van der Waals surface area contributed by atoms with Gasteiger partial charge in [0.25, 0.3) is 5.56 Å². The van der Waals surface area contributed by atoms with Crippen LogP contribution in [0.5, 0.6) is 0 Å². The number of esters is 1. The van der Waals surface area contributed by atoms with Crippen LogP contribution in [-0.2, 0) is 9.53 Å². The summed E-state index contributed by atoms with van der Waals surface area (Å²) in [6, 6.07) is 4.45. The van der Waals surface area contributed by atoms with Crippen LogP contribution in [-0.4, -0.2) is 28.0 Å². The van der Waals surface area contributed by atoms with Gasteiger partial charge in [0.2, 0.25) is 5.91 Å². The Labute approximate surface area is 163 Å². The number of fused-ring (bicyclic) bond motifs is 1. The monoisotopic (exact) mass is 403 g/mol. The third-order valence-corrected chi connectivity index (χ3v) is 5.43. The summed E-state index contributed by atoms with van der Waals surface area (Å²) in [4.78, 5) is 42.5. The first kappa shape index (κ1) is 19.7. The van der Waals surface area contributed by atoms with Crippen LogP contribution in [0.3, 0.4) is 0 Å². The summed E-state index contributed by atoms with van der Waals surface area (Å²) >= 11 is 1.08. The smallest absolute Gasteiger partial charge is 0.348 e. The lowest BCUT2D eigenvalue weighted by molar-refractivity contribution is -0.118. The van der Waals surface area contributed by atoms with Crippen LogP contribution >= 0.6 is 11.3 Å². The largest absolute Gasteiger partial charge is 0.462 e. The van der Waals surface area contributed by atoms with Crippen LogP contribution in [0.4, 0.5) is 10.1 Å². The molecule has 0 aliphatic heterocycles. The topological polar surface area (TPSA) is 90.3 Å². The number of carbonyl (C=O) groups excluding carboxylic acids is 2. The molecular weight excluding hydrogens is 385 g/mol. The van der Waals surface area contributed by atoms with Gasteiger partial charge < -0.3 is 10.1 Å². The molecule has 1 N–H and O–H groups in total. The van der Waals surface area contributed by atoms with Gasteiger partial charge in [0.15, 0.2) is 0 Å². The predicted octanol–water partition coefficient (Wildman–Crippen LogP) is 3.28. The number of halogens is 1. The third kappa shape index (κ3) is 3.65. The molecule has 3 aromatic rings. The third-order valence-electron chi connectivity index (χ3n) is 4.25. The second kappa shape index (κ2) is 7.89. The van der Waals surface area contributed by atoms with Gasteiger partial charge in [-0.3, -0.25) is 14.2 Å². The molecule has 9 heteroatoms. The normalized spacial score (nSPS) is 12.0. The number of aryl methyl sites for hydroxylation is 1. The van der Waals surface area contributed by atoms with Crippen LogP contribution in [0, 0.1) is 12.7 Å². The zero-order chi connectivity index (χ0) is 20.4. The minimum atomic E-state index is -0.861. The van der Waals surface area contributed by atoms with E-state index in [0.717, 1.165) is 11.3 Å². The number of thiophene rings is 1. The minimum absolute atomic E-state index is 0.227. The SMILES string of the molecule is CCOC(=O)c1sc2ncn(C(C)C(=O)Nc3ccc(F)cc3)c(=O)c2c1C. The van der Waals surface area contributed by atoms with E-state index in [9.17, 15) is 18.8 Å². The quantitative estimate of drug-likeness (QED) is 0.660. The summed E-state index contributed by atoms with van der Waals surface area (Å²) in [5.41, 5.74) is 0.476. The highest BCUT2D eigenvalue weighted by Crippen LogP contribution is 2.28. The van der Waals surface area contributed by atoms with Crippen molar-refractivity contribution in [1.29, 1.82) is 0 Å². The second-order valence-corrected chi connectivity index (χ2v) is 7.08. The number of benzene rings is 1. The van der Waals surface area contributed by atoms with Gasteiger partial charge in [0, 0.05) is 5.69 Å². The molecule has 7 nitrogen and oxygen atoms in total. The molecule has 0 fully saturated rings. The Morgan fingerprint density at radius 1 is 1.32 bits per heavy atom. The van der Waals surface area contributed by atoms with Gasteiger partial charge in [-0.25, -0.2) is 14.2 Å². The van der Waals surface area contributed by atoms with Crippen LogP contribution in [0.25, 0.3) is 10.2 Å². The summed E-state index contributed by atoms with van der Waals surface area (Å²) in [5, 5.41) is 2.92. The molecule has 2 aromatic heterocycles. The lowest BCUT2D eigenvalue weighted by Crippen LogP contribution is -2.31. The highest BCUT2D eigenvalue weighted by molar-refractivity contribution is 7.20. The molecule has 1 aromatic carbocycles. The maximum absolute atomic E-state index is 13.0. The van der Waals surface area contributed by atoms with Crippen molar-refractivity contribution in [3.63, 3.8) is 0 Å². The van der Waals surface area contributed by atoms with Crippen molar-refractivity contribution in [3.05, 3.63) is 57.2 Å². The van der Waals surface area contributed by atoms with E-state index in [2.05, 4.69) is 10.3 Å². The van der Waals surface area contributed by atoms with E-state index in [-0.39, 0.29) is 12.0 Å². The fourth-order valence-electron chi connectivity index (χ4n) is 2.71. The Morgan fingerprint density at radius 3 is 2.64 bits per heavy atom. The number of rotatable bonds is 5. The summed E-state index contributed by atoms with van der Waals surface area (Å²) in [6.07, 6.45) is 1.28. The highest BCUT2D eigenvalue weighted by Gasteiger charge is 2.23. The summed E-state index contributed by atoms with van der Waals surface area (Å²) in [7, 11) is 0. The van der Waals surface area contributed by atoms with Gasteiger partial charge in [-0.2, -0.15) is 0 Å². The van der Waals surface area contributed by atoms with Gasteiger partial charge in [-0.1, -0.05) is 0 Å². The van der Waals surface area contributed by atoms with Crippen molar-refractivity contribution in [3.8, 4) is 0 Å². The summed E-state index contributed by atoms with van der Waals surface area (Å²) in [5.74, 6) is -1.37. The fourth-order valence-corrected chi connectivity index (χ4v) is 3.74. The first-order valence-electron chi connectivity index (χ1n) is 8.57. The first-order valence-corrected chi connectivity index (χ1v) is 9.39. The molecule has 0 saturated heterocycles. The standard InChI is InChI=1S/C19H18FN3O4S/c1-4-27-19(26)15-10(2)14-17(28-15)21-9-23(18(14)25)11(3)16(24)22-13-7-5-12(20)6-8-13/h5-9,11H,4H2,1-3H3,(H,22,24). The number of anilines is 1. The van der Waals surface area contributed by atoms with Crippen LogP contribution < -0.4 is 10.9 Å². The zero-order valence-corrected chi connectivity index (χ0v) is 16.3. The average molecular weight is 403 g/mol. The molecule has 0 spiro atoms. The molecule has 0 aliphatic carbocycles. The van der Waals surface area contributed by atoms with Gasteiger partial charge in [-0.05, 0) is 50.6 Å². The zero-order valence-electron chi connectivity index (χ0n) is 15.5. The Morgan fingerprint density at radius 2 is 2.00 bits per heavy atom. The molecule has 1 unspecified atom stereocenters. The molecule has 2 heterocycles. The van der Waals surface area contributed by atoms with Crippen molar-refractivity contribution in [2.24, 2.45) is 0 Å². The van der Waals surface area contributed by atoms with Crippen molar-refractivity contribution < 1.29 is 18.7 Å². The molecule has 3 rings (SSSR count). The molecule has 28 heavy (non-hydrogen) atoms. The number of nitrogens with one attached hydrogen (secondary N) is 1. The number of amides is 1. The lowest BCUT2D eigenvalue weighted by atomic mass is 10.2. The maximum Gasteiger partial charge on any atom is 0.348 e. The van der Waals surface area contributed by atoms with Crippen molar-refractivity contribution >= 4 is 39.1 Å². The number of carbonyl (C=O) groups is 2. The van der Waals surface area contributed by atoms with Gasteiger partial charge in [0.05, 0.1) is 18.3 Å². The number of nitrogens with zero attached hydrogens (tertiary/aromatic N) is 2. The van der Waals surface area contributed by atoms with Crippen molar-refractivity contribution in [2.45, 2.75) is 26.8 Å². The van der Waals surface area contributed by atoms with Gasteiger partial charge in [-0.15, -0.1) is 11.3 Å². The highest BCUT2D eigenvalue weighted by atomic mass is 32.1. The number of hydrogen-bond donors (Lipinski definition) is 1.